The average Bonchev–Trinajstić information content (AvgIpc) is 3.20. The van der Waals surface area contributed by atoms with Gasteiger partial charge in [0.25, 0.3) is 0 Å². The van der Waals surface area contributed by atoms with Gasteiger partial charge in [0.15, 0.2) is 13.6 Å². The molecule has 0 spiro atoms. The Bertz CT molecular complexity index is 2410. The molecule has 0 saturated heterocycles. The zero-order chi connectivity index (χ0) is 35.6. The number of rotatable bonds is 11. The summed E-state index contributed by atoms with van der Waals surface area (Å²) in [6.45, 7) is 0.0501. The van der Waals surface area contributed by atoms with Crippen LogP contribution in [-0.4, -0.2) is 42.0 Å². The SMILES string of the molecule is COCOc1c(-c2cc3ccccc3c(-c3c(OC)ccc4ccccc34)c2OCOC)cc2ccccc2c1-c1c(OC)ccc2ccccc12. The van der Waals surface area contributed by atoms with E-state index in [1.165, 1.54) is 0 Å². The van der Waals surface area contributed by atoms with Gasteiger partial charge >= 0.3 is 0 Å². The minimum atomic E-state index is 0.0251. The second-order valence-corrected chi connectivity index (χ2v) is 12.5. The van der Waals surface area contributed by atoms with Crippen LogP contribution in [0.4, 0.5) is 0 Å². The molecule has 6 heteroatoms. The van der Waals surface area contributed by atoms with E-state index >= 15 is 0 Å². The molecule has 0 unspecified atom stereocenters. The first-order chi connectivity index (χ1) is 25.7. The minimum absolute atomic E-state index is 0.0251. The van der Waals surface area contributed by atoms with Gasteiger partial charge in [0.1, 0.15) is 23.0 Å². The van der Waals surface area contributed by atoms with Crippen molar-refractivity contribution in [3.63, 3.8) is 0 Å². The molecule has 0 saturated carbocycles. The molecule has 0 aliphatic carbocycles. The fourth-order valence-electron chi connectivity index (χ4n) is 7.45. The van der Waals surface area contributed by atoms with Crippen molar-refractivity contribution in [2.24, 2.45) is 0 Å². The summed E-state index contributed by atoms with van der Waals surface area (Å²) in [5, 5.41) is 8.36. The van der Waals surface area contributed by atoms with E-state index in [0.717, 1.165) is 88.0 Å². The summed E-state index contributed by atoms with van der Waals surface area (Å²) in [6, 6.07) is 46.0. The van der Waals surface area contributed by atoms with Crippen molar-refractivity contribution < 1.29 is 28.4 Å². The van der Waals surface area contributed by atoms with E-state index in [2.05, 4.69) is 109 Å². The van der Waals surface area contributed by atoms with Crippen molar-refractivity contribution in [3.05, 3.63) is 133 Å². The first kappa shape index (κ1) is 33.1. The molecule has 0 fully saturated rings. The van der Waals surface area contributed by atoms with Crippen LogP contribution in [0, 0.1) is 0 Å². The quantitative estimate of drug-likeness (QED) is 0.126. The third kappa shape index (κ3) is 5.63. The molecule has 0 N–H and O–H groups in total. The van der Waals surface area contributed by atoms with Crippen LogP contribution in [0.5, 0.6) is 23.0 Å². The van der Waals surface area contributed by atoms with Crippen LogP contribution in [0.1, 0.15) is 0 Å². The highest BCUT2D eigenvalue weighted by molar-refractivity contribution is 6.16. The molecule has 0 heterocycles. The van der Waals surface area contributed by atoms with Crippen LogP contribution < -0.4 is 18.9 Å². The maximum atomic E-state index is 6.73. The molecule has 0 aromatic heterocycles. The number of benzene rings is 8. The predicted molar refractivity (Wildman–Crippen MR) is 211 cm³/mol. The van der Waals surface area contributed by atoms with Crippen LogP contribution >= 0.6 is 0 Å². The van der Waals surface area contributed by atoms with Crippen molar-refractivity contribution >= 4 is 43.1 Å². The molecule has 52 heavy (non-hydrogen) atoms. The molecular formula is C46H38O6. The Kier molecular flexibility index (Phi) is 9.08. The second-order valence-electron chi connectivity index (χ2n) is 12.5. The number of methoxy groups -OCH3 is 4. The molecule has 8 rings (SSSR count). The van der Waals surface area contributed by atoms with Gasteiger partial charge in [0, 0.05) is 47.6 Å². The third-order valence-electron chi connectivity index (χ3n) is 9.66. The summed E-state index contributed by atoms with van der Waals surface area (Å²) in [7, 11) is 6.68. The Balaban J connectivity index is 1.57. The second kappa shape index (κ2) is 14.3. The lowest BCUT2D eigenvalue weighted by Crippen LogP contribution is -2.06. The molecule has 0 amide bonds. The first-order valence-electron chi connectivity index (χ1n) is 17.1. The largest absolute Gasteiger partial charge is 0.496 e. The number of hydrogen-bond donors (Lipinski definition) is 0. The lowest BCUT2D eigenvalue weighted by molar-refractivity contribution is 0.0505. The van der Waals surface area contributed by atoms with Crippen molar-refractivity contribution in [2.75, 3.05) is 42.0 Å². The average molecular weight is 687 g/mol. The highest BCUT2D eigenvalue weighted by Gasteiger charge is 2.28. The third-order valence-corrected chi connectivity index (χ3v) is 9.66. The zero-order valence-electron chi connectivity index (χ0n) is 29.6. The van der Waals surface area contributed by atoms with Crippen molar-refractivity contribution in [3.8, 4) is 56.4 Å². The van der Waals surface area contributed by atoms with Crippen LogP contribution in [-0.2, 0) is 9.47 Å². The Morgan fingerprint density at radius 3 is 1.08 bits per heavy atom. The first-order valence-corrected chi connectivity index (χ1v) is 17.1. The summed E-state index contributed by atoms with van der Waals surface area (Å²) in [5.74, 6) is 2.75. The van der Waals surface area contributed by atoms with Crippen LogP contribution in [0.3, 0.4) is 0 Å². The standard InChI is InChI=1S/C46H38O6/c1-47-27-51-45-37(25-31-15-7-11-19-35(31)43(45)41-33-17-9-5-13-29(33)21-23-39(41)49-3)38-26-32-16-8-12-20-36(32)44(46(38)52-28-48-2)42-34-18-10-6-14-30(34)22-24-40(42)50-4/h5-26H,27-28H2,1-4H3. The van der Waals surface area contributed by atoms with E-state index in [1.807, 2.05) is 24.3 Å². The van der Waals surface area contributed by atoms with Gasteiger partial charge in [-0.15, -0.1) is 0 Å². The Hall–Kier alpha value is -6.08. The van der Waals surface area contributed by atoms with E-state index in [1.54, 1.807) is 28.4 Å². The van der Waals surface area contributed by atoms with Gasteiger partial charge in [0.05, 0.1) is 14.2 Å². The topological polar surface area (TPSA) is 55.4 Å². The molecule has 0 bridgehead atoms. The molecule has 258 valence electrons. The van der Waals surface area contributed by atoms with Gasteiger partial charge in [-0.25, -0.2) is 0 Å². The molecule has 0 aliphatic rings. The van der Waals surface area contributed by atoms with Crippen LogP contribution in [0.15, 0.2) is 133 Å². The summed E-state index contributed by atoms with van der Waals surface area (Å²) in [4.78, 5) is 0. The molecular weight excluding hydrogens is 649 g/mol. The van der Waals surface area contributed by atoms with Crippen molar-refractivity contribution in [1.29, 1.82) is 0 Å². The van der Waals surface area contributed by atoms with E-state index in [4.69, 9.17) is 28.4 Å². The Morgan fingerprint density at radius 2 is 0.712 bits per heavy atom. The van der Waals surface area contributed by atoms with Gasteiger partial charge in [-0.3, -0.25) is 0 Å². The van der Waals surface area contributed by atoms with Gasteiger partial charge in [-0.05, 0) is 67.4 Å². The number of ether oxygens (including phenoxy) is 6. The molecule has 0 aliphatic heterocycles. The van der Waals surface area contributed by atoms with Crippen LogP contribution in [0.2, 0.25) is 0 Å². The zero-order valence-corrected chi connectivity index (χ0v) is 29.6. The molecule has 6 nitrogen and oxygen atoms in total. The minimum Gasteiger partial charge on any atom is -0.496 e. The number of fused-ring (bicyclic) bond motifs is 4. The van der Waals surface area contributed by atoms with E-state index in [9.17, 15) is 0 Å². The highest BCUT2D eigenvalue weighted by atomic mass is 16.7. The summed E-state index contributed by atoms with van der Waals surface area (Å²) >= 11 is 0. The maximum Gasteiger partial charge on any atom is 0.188 e. The maximum absolute atomic E-state index is 6.73. The summed E-state index contributed by atoms with van der Waals surface area (Å²) < 4.78 is 36.8. The number of hydrogen-bond acceptors (Lipinski definition) is 6. The van der Waals surface area contributed by atoms with E-state index in [0.29, 0.717) is 11.5 Å². The van der Waals surface area contributed by atoms with Crippen molar-refractivity contribution in [1.82, 2.24) is 0 Å². The Labute approximate surface area is 302 Å². The highest BCUT2D eigenvalue weighted by Crippen LogP contribution is 2.55. The summed E-state index contributed by atoms with van der Waals surface area (Å²) in [5.41, 5.74) is 5.32. The smallest absolute Gasteiger partial charge is 0.188 e. The van der Waals surface area contributed by atoms with Crippen LogP contribution in [0.25, 0.3) is 76.5 Å². The van der Waals surface area contributed by atoms with E-state index in [-0.39, 0.29) is 13.6 Å². The molecule has 8 aromatic carbocycles. The molecule has 0 atom stereocenters. The molecule has 0 radical (unpaired) electrons. The van der Waals surface area contributed by atoms with Gasteiger partial charge < -0.3 is 28.4 Å². The van der Waals surface area contributed by atoms with Gasteiger partial charge in [-0.2, -0.15) is 0 Å². The normalized spacial score (nSPS) is 11.4. The monoisotopic (exact) mass is 686 g/mol. The lowest BCUT2D eigenvalue weighted by Gasteiger charge is -2.25. The van der Waals surface area contributed by atoms with Gasteiger partial charge in [0.2, 0.25) is 0 Å². The Morgan fingerprint density at radius 1 is 0.365 bits per heavy atom. The fraction of sp³-hybridized carbons (Fsp3) is 0.130. The van der Waals surface area contributed by atoms with E-state index < -0.39 is 0 Å². The fourth-order valence-corrected chi connectivity index (χ4v) is 7.45. The van der Waals surface area contributed by atoms with Crippen molar-refractivity contribution in [2.45, 2.75) is 0 Å². The lowest BCUT2D eigenvalue weighted by atomic mass is 9.85. The van der Waals surface area contributed by atoms with Gasteiger partial charge in [-0.1, -0.05) is 109 Å². The summed E-state index contributed by atoms with van der Waals surface area (Å²) in [6.07, 6.45) is 0. The predicted octanol–water partition coefficient (Wildman–Crippen LogP) is 11.3. The molecule has 8 aromatic rings.